The summed E-state index contributed by atoms with van der Waals surface area (Å²) >= 11 is 0. The smallest absolute Gasteiger partial charge is 0.407 e. The Morgan fingerprint density at radius 1 is 0.939 bits per heavy atom. The monoisotopic (exact) mass is 452 g/mol. The number of aliphatic carboxylic acids is 1. The highest BCUT2D eigenvalue weighted by Gasteiger charge is 2.29. The van der Waals surface area contributed by atoms with Crippen LogP contribution in [0, 0.1) is 5.92 Å². The van der Waals surface area contributed by atoms with E-state index < -0.39 is 12.1 Å². The molecule has 33 heavy (non-hydrogen) atoms. The average molecular weight is 453 g/mol. The van der Waals surface area contributed by atoms with Gasteiger partial charge >= 0.3 is 12.1 Å². The zero-order valence-corrected chi connectivity index (χ0v) is 19.0. The Kier molecular flexibility index (Phi) is 8.87. The van der Waals surface area contributed by atoms with Gasteiger partial charge in [0.1, 0.15) is 6.61 Å². The van der Waals surface area contributed by atoms with Crippen LogP contribution in [-0.4, -0.2) is 42.8 Å². The largest absolute Gasteiger partial charge is 0.481 e. The number of amides is 2. The molecule has 7 heteroatoms. The summed E-state index contributed by atoms with van der Waals surface area (Å²) in [4.78, 5) is 35.2. The Morgan fingerprint density at radius 3 is 2.18 bits per heavy atom. The van der Waals surface area contributed by atoms with Gasteiger partial charge in [-0.3, -0.25) is 9.59 Å². The second-order valence-corrected chi connectivity index (χ2v) is 8.31. The fraction of sp³-hybridized carbons (Fsp3) is 0.423. The number of carboxylic acids is 1. The van der Waals surface area contributed by atoms with E-state index in [1.165, 1.54) is 11.1 Å². The average Bonchev–Trinajstić information content (AvgIpc) is 3.14. The van der Waals surface area contributed by atoms with Gasteiger partial charge in [0.25, 0.3) is 0 Å². The summed E-state index contributed by atoms with van der Waals surface area (Å²) < 4.78 is 5.53. The SMILES string of the molecule is CCC(CNC(=O)OCC1c2ccccc2-c2ccccc21)C(=O)NCCCCCC(=O)O. The van der Waals surface area contributed by atoms with Crippen molar-refractivity contribution in [2.75, 3.05) is 19.7 Å². The zero-order chi connectivity index (χ0) is 23.6. The zero-order valence-electron chi connectivity index (χ0n) is 19.0. The summed E-state index contributed by atoms with van der Waals surface area (Å²) in [6, 6.07) is 16.3. The molecule has 1 atom stereocenters. The molecular formula is C26H32N2O5. The maximum atomic E-state index is 12.4. The van der Waals surface area contributed by atoms with Gasteiger partial charge in [-0.05, 0) is 41.5 Å². The van der Waals surface area contributed by atoms with Gasteiger partial charge in [-0.25, -0.2) is 4.79 Å². The molecule has 2 amide bonds. The topological polar surface area (TPSA) is 105 Å². The summed E-state index contributed by atoms with van der Waals surface area (Å²) in [5.41, 5.74) is 4.65. The molecule has 1 aliphatic carbocycles. The second-order valence-electron chi connectivity index (χ2n) is 8.31. The van der Waals surface area contributed by atoms with Crippen molar-refractivity contribution >= 4 is 18.0 Å². The highest BCUT2D eigenvalue weighted by Crippen LogP contribution is 2.44. The van der Waals surface area contributed by atoms with Crippen molar-refractivity contribution in [3.63, 3.8) is 0 Å². The number of rotatable bonds is 12. The van der Waals surface area contributed by atoms with Gasteiger partial charge in [-0.1, -0.05) is 61.9 Å². The number of hydrogen-bond donors (Lipinski definition) is 3. The van der Waals surface area contributed by atoms with Gasteiger partial charge in [0.15, 0.2) is 0 Å². The van der Waals surface area contributed by atoms with Gasteiger partial charge in [-0.2, -0.15) is 0 Å². The maximum absolute atomic E-state index is 12.4. The first-order valence-electron chi connectivity index (χ1n) is 11.6. The molecule has 2 aromatic carbocycles. The number of hydrogen-bond acceptors (Lipinski definition) is 4. The first-order valence-corrected chi connectivity index (χ1v) is 11.6. The molecule has 0 spiro atoms. The van der Waals surface area contributed by atoms with E-state index >= 15 is 0 Å². The van der Waals surface area contributed by atoms with Crippen LogP contribution in [0.2, 0.25) is 0 Å². The molecular weight excluding hydrogens is 420 g/mol. The number of benzene rings is 2. The standard InChI is InChI=1S/C26H32N2O5/c1-2-18(25(31)27-15-9-3-4-14-24(29)30)16-28-26(32)33-17-23-21-12-7-5-10-19(21)20-11-6-8-13-22(20)23/h5-8,10-13,18,23H,2-4,9,14-17H2,1H3,(H,27,31)(H,28,32)(H,29,30). The van der Waals surface area contributed by atoms with E-state index in [1.807, 2.05) is 31.2 Å². The van der Waals surface area contributed by atoms with Crippen LogP contribution in [-0.2, 0) is 14.3 Å². The van der Waals surface area contributed by atoms with E-state index in [4.69, 9.17) is 9.84 Å². The number of carboxylic acid groups (broad SMARTS) is 1. The van der Waals surface area contributed by atoms with Crippen molar-refractivity contribution in [1.82, 2.24) is 10.6 Å². The van der Waals surface area contributed by atoms with E-state index in [0.717, 1.165) is 24.0 Å². The van der Waals surface area contributed by atoms with Crippen LogP contribution in [0.25, 0.3) is 11.1 Å². The van der Waals surface area contributed by atoms with E-state index in [1.54, 1.807) is 0 Å². The lowest BCUT2D eigenvalue weighted by molar-refractivity contribution is -0.137. The van der Waals surface area contributed by atoms with Crippen molar-refractivity contribution in [2.24, 2.45) is 5.92 Å². The van der Waals surface area contributed by atoms with Crippen molar-refractivity contribution in [2.45, 2.75) is 44.9 Å². The Balaban J connectivity index is 1.42. The fourth-order valence-corrected chi connectivity index (χ4v) is 4.21. The first-order chi connectivity index (χ1) is 16.0. The molecule has 0 aromatic heterocycles. The third-order valence-corrected chi connectivity index (χ3v) is 6.07. The molecule has 1 unspecified atom stereocenters. The summed E-state index contributed by atoms with van der Waals surface area (Å²) in [5, 5.41) is 14.2. The minimum Gasteiger partial charge on any atom is -0.481 e. The van der Waals surface area contributed by atoms with E-state index in [2.05, 4.69) is 34.9 Å². The molecule has 0 aliphatic heterocycles. The summed E-state index contributed by atoms with van der Waals surface area (Å²) in [6.07, 6.45) is 2.30. The van der Waals surface area contributed by atoms with E-state index in [-0.39, 0.29) is 37.3 Å². The number of nitrogens with one attached hydrogen (secondary N) is 2. The minimum atomic E-state index is -0.801. The highest BCUT2D eigenvalue weighted by molar-refractivity contribution is 5.80. The van der Waals surface area contributed by atoms with Gasteiger partial charge < -0.3 is 20.5 Å². The van der Waals surface area contributed by atoms with Crippen molar-refractivity contribution < 1.29 is 24.2 Å². The van der Waals surface area contributed by atoms with Crippen molar-refractivity contribution in [3.8, 4) is 11.1 Å². The maximum Gasteiger partial charge on any atom is 0.407 e. The number of unbranched alkanes of at least 4 members (excludes halogenated alkanes) is 2. The molecule has 0 saturated heterocycles. The predicted octanol–water partition coefficient (Wildman–Crippen LogP) is 4.31. The molecule has 0 bridgehead atoms. The summed E-state index contributed by atoms with van der Waals surface area (Å²) in [5.74, 6) is -1.27. The Bertz CT molecular complexity index is 929. The summed E-state index contributed by atoms with van der Waals surface area (Å²) in [6.45, 7) is 2.84. The molecule has 0 fully saturated rings. The van der Waals surface area contributed by atoms with Gasteiger partial charge in [0, 0.05) is 25.4 Å². The van der Waals surface area contributed by atoms with Crippen LogP contribution in [0.5, 0.6) is 0 Å². The second kappa shape index (κ2) is 12.0. The van der Waals surface area contributed by atoms with Gasteiger partial charge in [0.05, 0.1) is 5.92 Å². The number of fused-ring (bicyclic) bond motifs is 3. The van der Waals surface area contributed by atoms with Crippen LogP contribution < -0.4 is 10.6 Å². The minimum absolute atomic E-state index is 0.00505. The van der Waals surface area contributed by atoms with Crippen molar-refractivity contribution in [3.05, 3.63) is 59.7 Å². The first kappa shape index (κ1) is 24.3. The molecule has 3 rings (SSSR count). The molecule has 0 radical (unpaired) electrons. The molecule has 0 saturated carbocycles. The van der Waals surface area contributed by atoms with Crippen molar-refractivity contribution in [1.29, 1.82) is 0 Å². The normalized spacial score (nSPS) is 13.0. The van der Waals surface area contributed by atoms with Crippen LogP contribution in [0.15, 0.2) is 48.5 Å². The van der Waals surface area contributed by atoms with E-state index in [9.17, 15) is 14.4 Å². The van der Waals surface area contributed by atoms with Crippen LogP contribution >= 0.6 is 0 Å². The number of ether oxygens (including phenoxy) is 1. The lowest BCUT2D eigenvalue weighted by Gasteiger charge is -2.17. The Hall–Kier alpha value is -3.35. The van der Waals surface area contributed by atoms with Gasteiger partial charge in [0.2, 0.25) is 5.91 Å². The molecule has 7 nitrogen and oxygen atoms in total. The molecule has 1 aliphatic rings. The molecule has 176 valence electrons. The third-order valence-electron chi connectivity index (χ3n) is 6.07. The Morgan fingerprint density at radius 2 is 1.58 bits per heavy atom. The van der Waals surface area contributed by atoms with Crippen LogP contribution in [0.4, 0.5) is 4.79 Å². The molecule has 0 heterocycles. The molecule has 3 N–H and O–H groups in total. The number of carbonyl (C=O) groups is 3. The lowest BCUT2D eigenvalue weighted by Crippen LogP contribution is -2.39. The number of alkyl carbamates (subject to hydrolysis) is 1. The van der Waals surface area contributed by atoms with Crippen LogP contribution in [0.1, 0.15) is 56.1 Å². The quantitative estimate of drug-likeness (QED) is 0.416. The molecule has 2 aromatic rings. The predicted molar refractivity (Wildman–Crippen MR) is 126 cm³/mol. The summed E-state index contributed by atoms with van der Waals surface area (Å²) in [7, 11) is 0. The fourth-order valence-electron chi connectivity index (χ4n) is 4.21. The van der Waals surface area contributed by atoms with Crippen LogP contribution in [0.3, 0.4) is 0 Å². The van der Waals surface area contributed by atoms with E-state index in [0.29, 0.717) is 19.4 Å². The Labute approximate surface area is 194 Å². The highest BCUT2D eigenvalue weighted by atomic mass is 16.5. The number of carbonyl (C=O) groups excluding carboxylic acids is 2. The lowest BCUT2D eigenvalue weighted by atomic mass is 9.98. The third kappa shape index (κ3) is 6.57. The van der Waals surface area contributed by atoms with Gasteiger partial charge in [-0.15, -0.1) is 0 Å².